The Hall–Kier alpha value is -1.44. The van der Waals surface area contributed by atoms with Crippen LogP contribution in [0.1, 0.15) is 37.1 Å². The minimum Gasteiger partial charge on any atom is -0.342 e. The number of aromatic nitrogens is 2. The van der Waals surface area contributed by atoms with Crippen molar-refractivity contribution < 1.29 is 8.42 Å². The van der Waals surface area contributed by atoms with Crippen molar-refractivity contribution in [2.75, 3.05) is 19.6 Å². The summed E-state index contributed by atoms with van der Waals surface area (Å²) in [6.07, 6.45) is 4.68. The van der Waals surface area contributed by atoms with Crippen LogP contribution in [0.15, 0.2) is 18.2 Å². The van der Waals surface area contributed by atoms with E-state index in [1.807, 2.05) is 25.1 Å². The van der Waals surface area contributed by atoms with E-state index in [1.54, 1.807) is 4.31 Å². The van der Waals surface area contributed by atoms with Gasteiger partial charge >= 0.3 is 0 Å². The second kappa shape index (κ2) is 6.98. The number of hydrogen-bond acceptors (Lipinski definition) is 3. The summed E-state index contributed by atoms with van der Waals surface area (Å²) in [4.78, 5) is 7.81. The van der Waals surface area contributed by atoms with E-state index in [2.05, 4.69) is 14.7 Å². The van der Waals surface area contributed by atoms with Crippen molar-refractivity contribution in [2.24, 2.45) is 0 Å². The Balaban J connectivity index is 1.60. The molecule has 0 amide bonds. The van der Waals surface area contributed by atoms with Crippen molar-refractivity contribution in [3.8, 4) is 0 Å². The molecule has 1 aromatic carbocycles. The van der Waals surface area contributed by atoms with E-state index in [4.69, 9.17) is 0 Å². The van der Waals surface area contributed by atoms with Crippen LogP contribution in [0.4, 0.5) is 0 Å². The second-order valence-corrected chi connectivity index (χ2v) is 7.87. The first-order chi connectivity index (χ1) is 11.1. The molecule has 1 aromatic heterocycles. The van der Waals surface area contributed by atoms with Gasteiger partial charge < -0.3 is 4.98 Å². The highest BCUT2D eigenvalue weighted by molar-refractivity contribution is 7.87. The number of rotatable bonds is 5. The smallest absolute Gasteiger partial charge is 0.279 e. The lowest BCUT2D eigenvalue weighted by Crippen LogP contribution is -2.42. The molecule has 0 atom stereocenters. The first-order valence-corrected chi connectivity index (χ1v) is 9.69. The molecule has 2 heterocycles. The molecule has 0 spiro atoms. The van der Waals surface area contributed by atoms with Crippen LogP contribution >= 0.6 is 0 Å². The van der Waals surface area contributed by atoms with E-state index in [0.29, 0.717) is 26.1 Å². The van der Waals surface area contributed by atoms with Crippen molar-refractivity contribution in [3.05, 3.63) is 29.6 Å². The fraction of sp³-hybridized carbons (Fsp3) is 0.562. The van der Waals surface area contributed by atoms with Crippen molar-refractivity contribution >= 4 is 21.2 Å². The van der Waals surface area contributed by atoms with Gasteiger partial charge in [0, 0.05) is 26.1 Å². The molecule has 2 aromatic rings. The summed E-state index contributed by atoms with van der Waals surface area (Å²) in [7, 11) is -3.37. The average molecular weight is 336 g/mol. The first kappa shape index (κ1) is 16.4. The summed E-state index contributed by atoms with van der Waals surface area (Å²) < 4.78 is 29.0. The van der Waals surface area contributed by atoms with Crippen LogP contribution in [0, 0.1) is 6.92 Å². The van der Waals surface area contributed by atoms with Gasteiger partial charge in [0.15, 0.2) is 0 Å². The SMILES string of the molecule is Cc1cccc2[nH]c(CCNS(=O)(=O)N3CCCCCC3)nc12. The number of hydrogen-bond donors (Lipinski definition) is 2. The van der Waals surface area contributed by atoms with Crippen molar-refractivity contribution in [1.29, 1.82) is 0 Å². The third-order valence-corrected chi connectivity index (χ3v) is 5.93. The number of fused-ring (bicyclic) bond motifs is 1. The topological polar surface area (TPSA) is 78.1 Å². The lowest BCUT2D eigenvalue weighted by Gasteiger charge is -2.19. The minimum absolute atomic E-state index is 0.359. The quantitative estimate of drug-likeness (QED) is 0.878. The van der Waals surface area contributed by atoms with Crippen LogP contribution in [-0.2, 0) is 16.6 Å². The molecule has 23 heavy (non-hydrogen) atoms. The van der Waals surface area contributed by atoms with Crippen LogP contribution in [0.2, 0.25) is 0 Å². The molecule has 0 saturated carbocycles. The van der Waals surface area contributed by atoms with Crippen molar-refractivity contribution in [2.45, 2.75) is 39.0 Å². The predicted octanol–water partition coefficient (Wildman–Crippen LogP) is 2.12. The van der Waals surface area contributed by atoms with Crippen LogP contribution in [0.25, 0.3) is 11.0 Å². The molecule has 6 nitrogen and oxygen atoms in total. The Labute approximate surface area is 137 Å². The molecule has 126 valence electrons. The Morgan fingerprint density at radius 3 is 2.65 bits per heavy atom. The molecule has 2 N–H and O–H groups in total. The molecule has 0 aliphatic carbocycles. The molecule has 3 rings (SSSR count). The minimum atomic E-state index is -3.37. The number of aryl methyl sites for hydroxylation is 1. The van der Waals surface area contributed by atoms with Crippen LogP contribution in [0.3, 0.4) is 0 Å². The zero-order valence-corrected chi connectivity index (χ0v) is 14.3. The summed E-state index contributed by atoms with van der Waals surface area (Å²) in [6, 6.07) is 6.00. The Morgan fingerprint density at radius 1 is 1.22 bits per heavy atom. The highest BCUT2D eigenvalue weighted by Crippen LogP contribution is 2.16. The van der Waals surface area contributed by atoms with Crippen LogP contribution in [0.5, 0.6) is 0 Å². The summed E-state index contributed by atoms with van der Waals surface area (Å²) in [5.74, 6) is 0.813. The number of imidazole rings is 1. The van der Waals surface area contributed by atoms with Gasteiger partial charge in [-0.15, -0.1) is 0 Å². The van der Waals surface area contributed by atoms with E-state index in [1.165, 1.54) is 0 Å². The normalized spacial score (nSPS) is 17.4. The fourth-order valence-electron chi connectivity index (χ4n) is 3.02. The van der Waals surface area contributed by atoms with Gasteiger partial charge in [-0.2, -0.15) is 12.7 Å². The number of H-pyrrole nitrogens is 1. The molecular weight excluding hydrogens is 312 g/mol. The van der Waals surface area contributed by atoms with E-state index in [-0.39, 0.29) is 0 Å². The van der Waals surface area contributed by atoms with Gasteiger partial charge in [-0.3, -0.25) is 0 Å². The zero-order chi connectivity index (χ0) is 16.3. The van der Waals surface area contributed by atoms with Gasteiger partial charge in [0.2, 0.25) is 0 Å². The third kappa shape index (κ3) is 3.91. The van der Waals surface area contributed by atoms with E-state index in [0.717, 1.165) is 48.1 Å². The zero-order valence-electron chi connectivity index (χ0n) is 13.5. The number of nitrogens with one attached hydrogen (secondary N) is 2. The lowest BCUT2D eigenvalue weighted by molar-refractivity contribution is 0.415. The van der Waals surface area contributed by atoms with E-state index >= 15 is 0 Å². The molecule has 1 aliphatic heterocycles. The van der Waals surface area contributed by atoms with Gasteiger partial charge in [0.25, 0.3) is 10.2 Å². The highest BCUT2D eigenvalue weighted by atomic mass is 32.2. The van der Waals surface area contributed by atoms with Crippen molar-refractivity contribution in [1.82, 2.24) is 19.0 Å². The molecule has 1 aliphatic rings. The molecule has 0 radical (unpaired) electrons. The predicted molar refractivity (Wildman–Crippen MR) is 91.5 cm³/mol. The standard InChI is InChI=1S/C16H24N4O2S/c1-13-7-6-8-14-16(13)19-15(18-14)9-10-17-23(21,22)20-11-4-2-3-5-12-20/h6-8,17H,2-5,9-12H2,1H3,(H,18,19). The Morgan fingerprint density at radius 2 is 1.96 bits per heavy atom. The number of aromatic amines is 1. The van der Waals surface area contributed by atoms with Gasteiger partial charge in [-0.25, -0.2) is 9.71 Å². The molecular formula is C16H24N4O2S. The maximum absolute atomic E-state index is 12.3. The van der Waals surface area contributed by atoms with Crippen molar-refractivity contribution in [3.63, 3.8) is 0 Å². The van der Waals surface area contributed by atoms with E-state index in [9.17, 15) is 8.42 Å². The van der Waals surface area contributed by atoms with Gasteiger partial charge in [-0.1, -0.05) is 25.0 Å². The summed E-state index contributed by atoms with van der Waals surface area (Å²) in [5, 5.41) is 0. The molecule has 7 heteroatoms. The van der Waals surface area contributed by atoms with Gasteiger partial charge in [-0.05, 0) is 31.4 Å². The second-order valence-electron chi connectivity index (χ2n) is 6.12. The number of para-hydroxylation sites is 1. The molecule has 0 unspecified atom stereocenters. The fourth-order valence-corrected chi connectivity index (χ4v) is 4.30. The van der Waals surface area contributed by atoms with Crippen LogP contribution in [-0.4, -0.2) is 42.3 Å². The Kier molecular flexibility index (Phi) is 4.99. The lowest BCUT2D eigenvalue weighted by atomic mass is 10.2. The Bertz CT molecular complexity index is 761. The summed E-state index contributed by atoms with van der Waals surface area (Å²) >= 11 is 0. The highest BCUT2D eigenvalue weighted by Gasteiger charge is 2.22. The third-order valence-electron chi connectivity index (χ3n) is 4.31. The van der Waals surface area contributed by atoms with Gasteiger partial charge in [0.05, 0.1) is 11.0 Å². The van der Waals surface area contributed by atoms with E-state index < -0.39 is 10.2 Å². The average Bonchev–Trinajstić information content (AvgIpc) is 2.74. The first-order valence-electron chi connectivity index (χ1n) is 8.25. The number of benzene rings is 1. The maximum atomic E-state index is 12.3. The maximum Gasteiger partial charge on any atom is 0.279 e. The summed E-state index contributed by atoms with van der Waals surface area (Å²) in [6.45, 7) is 3.63. The molecule has 1 fully saturated rings. The molecule has 0 bridgehead atoms. The largest absolute Gasteiger partial charge is 0.342 e. The van der Waals surface area contributed by atoms with Gasteiger partial charge in [0.1, 0.15) is 5.82 Å². The molecule has 1 saturated heterocycles. The van der Waals surface area contributed by atoms with Crippen LogP contribution < -0.4 is 4.72 Å². The number of nitrogens with zero attached hydrogens (tertiary/aromatic N) is 2. The summed E-state index contributed by atoms with van der Waals surface area (Å²) in [5.41, 5.74) is 3.07. The monoisotopic (exact) mass is 336 g/mol.